The van der Waals surface area contributed by atoms with Crippen molar-refractivity contribution in [2.45, 2.75) is 19.4 Å². The second-order valence-corrected chi connectivity index (χ2v) is 4.08. The molecule has 2 aromatic rings. The molecular weight excluding hydrogens is 218 g/mol. The van der Waals surface area contributed by atoms with Gasteiger partial charge in [0, 0.05) is 5.39 Å². The van der Waals surface area contributed by atoms with Crippen LogP contribution in [-0.4, -0.2) is 27.3 Å². The molecule has 2 N–H and O–H groups in total. The Balaban J connectivity index is 2.43. The minimum atomic E-state index is -1.03. The van der Waals surface area contributed by atoms with Crippen LogP contribution in [-0.2, 0) is 6.42 Å². The van der Waals surface area contributed by atoms with E-state index in [1.54, 1.807) is 19.1 Å². The molecule has 4 nitrogen and oxygen atoms in total. The number of aliphatic hydroxyl groups is 1. The first-order valence-corrected chi connectivity index (χ1v) is 5.37. The summed E-state index contributed by atoms with van der Waals surface area (Å²) in [5.74, 6) is -1.03. The van der Waals surface area contributed by atoms with E-state index in [4.69, 9.17) is 5.11 Å². The van der Waals surface area contributed by atoms with Gasteiger partial charge in [-0.05, 0) is 37.1 Å². The molecule has 0 radical (unpaired) electrons. The second kappa shape index (κ2) is 4.51. The zero-order valence-electron chi connectivity index (χ0n) is 9.42. The molecule has 1 atom stereocenters. The Labute approximate surface area is 98.5 Å². The van der Waals surface area contributed by atoms with Crippen LogP contribution in [0.15, 0.2) is 30.3 Å². The number of carbonyl (C=O) groups is 1. The van der Waals surface area contributed by atoms with Crippen molar-refractivity contribution in [2.24, 2.45) is 0 Å². The second-order valence-electron chi connectivity index (χ2n) is 4.08. The number of hydrogen-bond acceptors (Lipinski definition) is 3. The fourth-order valence-electron chi connectivity index (χ4n) is 1.76. The average molecular weight is 231 g/mol. The average Bonchev–Trinajstić information content (AvgIpc) is 2.27. The number of aliphatic hydroxyl groups excluding tert-OH is 1. The number of carboxylic acid groups (broad SMARTS) is 1. The van der Waals surface area contributed by atoms with E-state index in [0.29, 0.717) is 11.9 Å². The molecule has 0 aliphatic rings. The van der Waals surface area contributed by atoms with Crippen molar-refractivity contribution >= 4 is 16.9 Å². The van der Waals surface area contributed by atoms with Gasteiger partial charge in [0.2, 0.25) is 0 Å². The first kappa shape index (κ1) is 11.5. The predicted molar refractivity (Wildman–Crippen MR) is 64.1 cm³/mol. The predicted octanol–water partition coefficient (Wildman–Crippen LogP) is 1.86. The van der Waals surface area contributed by atoms with E-state index in [2.05, 4.69) is 4.98 Å². The van der Waals surface area contributed by atoms with E-state index in [-0.39, 0.29) is 5.69 Å². The van der Waals surface area contributed by atoms with Gasteiger partial charge in [-0.25, -0.2) is 9.78 Å². The fraction of sp³-hybridized carbons (Fsp3) is 0.231. The van der Waals surface area contributed by atoms with Gasteiger partial charge in [0.05, 0.1) is 11.6 Å². The highest BCUT2D eigenvalue weighted by Crippen LogP contribution is 2.16. The smallest absolute Gasteiger partial charge is 0.354 e. The number of pyridine rings is 1. The van der Waals surface area contributed by atoms with Gasteiger partial charge in [0.1, 0.15) is 5.69 Å². The van der Waals surface area contributed by atoms with Gasteiger partial charge < -0.3 is 10.2 Å². The third-order valence-electron chi connectivity index (χ3n) is 2.50. The number of carboxylic acids is 1. The lowest BCUT2D eigenvalue weighted by molar-refractivity contribution is 0.0691. The van der Waals surface area contributed by atoms with Crippen molar-refractivity contribution in [1.82, 2.24) is 4.98 Å². The molecule has 0 amide bonds. The molecular formula is C13H13NO3. The molecule has 0 spiro atoms. The van der Waals surface area contributed by atoms with Crippen LogP contribution in [0.25, 0.3) is 10.9 Å². The quantitative estimate of drug-likeness (QED) is 0.845. The summed E-state index contributed by atoms with van der Waals surface area (Å²) in [5, 5.41) is 19.0. The highest BCUT2D eigenvalue weighted by Gasteiger charge is 2.06. The molecule has 0 fully saturated rings. The van der Waals surface area contributed by atoms with E-state index in [1.807, 2.05) is 12.1 Å². The third kappa shape index (κ3) is 2.60. The molecule has 1 unspecified atom stereocenters. The summed E-state index contributed by atoms with van der Waals surface area (Å²) < 4.78 is 0. The van der Waals surface area contributed by atoms with Crippen LogP contribution in [0.3, 0.4) is 0 Å². The molecule has 0 saturated carbocycles. The summed E-state index contributed by atoms with van der Waals surface area (Å²) in [6.07, 6.45) is 0.190. The summed E-state index contributed by atoms with van der Waals surface area (Å²) >= 11 is 0. The number of rotatable bonds is 3. The maximum atomic E-state index is 10.8. The minimum Gasteiger partial charge on any atom is -0.477 e. The first-order chi connectivity index (χ1) is 8.06. The number of aromatic carboxylic acids is 1. The van der Waals surface area contributed by atoms with Gasteiger partial charge in [-0.1, -0.05) is 12.1 Å². The van der Waals surface area contributed by atoms with Gasteiger partial charge in [0.15, 0.2) is 0 Å². The van der Waals surface area contributed by atoms with Crippen LogP contribution in [0.1, 0.15) is 23.0 Å². The summed E-state index contributed by atoms with van der Waals surface area (Å²) in [6.45, 7) is 1.73. The number of aromatic nitrogens is 1. The Morgan fingerprint density at radius 2 is 2.12 bits per heavy atom. The molecule has 1 heterocycles. The number of benzene rings is 1. The van der Waals surface area contributed by atoms with E-state index in [9.17, 15) is 9.90 Å². The van der Waals surface area contributed by atoms with Crippen LogP contribution in [0.2, 0.25) is 0 Å². The number of hydrogen-bond donors (Lipinski definition) is 2. The SMILES string of the molecule is CC(O)Cc1ccc2nc(C(=O)O)ccc2c1. The number of nitrogens with zero attached hydrogens (tertiary/aromatic N) is 1. The van der Waals surface area contributed by atoms with Gasteiger partial charge in [-0.3, -0.25) is 0 Å². The zero-order chi connectivity index (χ0) is 12.4. The molecule has 1 aromatic heterocycles. The first-order valence-electron chi connectivity index (χ1n) is 5.37. The van der Waals surface area contributed by atoms with E-state index < -0.39 is 12.1 Å². The Bertz CT molecular complexity index is 564. The summed E-state index contributed by atoms with van der Waals surface area (Å²) in [4.78, 5) is 14.8. The molecule has 1 aromatic carbocycles. The van der Waals surface area contributed by atoms with Crippen LogP contribution in [0.4, 0.5) is 0 Å². The molecule has 88 valence electrons. The third-order valence-corrected chi connectivity index (χ3v) is 2.50. The Hall–Kier alpha value is -1.94. The molecule has 0 saturated heterocycles. The highest BCUT2D eigenvalue weighted by molar-refractivity contribution is 5.89. The maximum absolute atomic E-state index is 10.8. The molecule has 0 aliphatic heterocycles. The summed E-state index contributed by atoms with van der Waals surface area (Å²) in [7, 11) is 0. The lowest BCUT2D eigenvalue weighted by Crippen LogP contribution is -2.04. The fourth-order valence-corrected chi connectivity index (χ4v) is 1.76. The largest absolute Gasteiger partial charge is 0.477 e. The molecule has 4 heteroatoms. The van der Waals surface area contributed by atoms with Crippen molar-refractivity contribution in [3.05, 3.63) is 41.6 Å². The normalized spacial score (nSPS) is 12.6. The summed E-state index contributed by atoms with van der Waals surface area (Å²) in [6, 6.07) is 8.77. The van der Waals surface area contributed by atoms with Crippen molar-refractivity contribution < 1.29 is 15.0 Å². The highest BCUT2D eigenvalue weighted by atomic mass is 16.4. The van der Waals surface area contributed by atoms with E-state index in [1.165, 1.54) is 6.07 Å². The van der Waals surface area contributed by atoms with E-state index >= 15 is 0 Å². The van der Waals surface area contributed by atoms with Crippen LogP contribution >= 0.6 is 0 Å². The van der Waals surface area contributed by atoms with Crippen molar-refractivity contribution in [3.63, 3.8) is 0 Å². The molecule has 17 heavy (non-hydrogen) atoms. The van der Waals surface area contributed by atoms with Crippen LogP contribution < -0.4 is 0 Å². The lowest BCUT2D eigenvalue weighted by atomic mass is 10.1. The van der Waals surface area contributed by atoms with Crippen LogP contribution in [0, 0.1) is 0 Å². The Kier molecular flexibility index (Phi) is 3.06. The maximum Gasteiger partial charge on any atom is 0.354 e. The Morgan fingerprint density at radius 3 is 2.76 bits per heavy atom. The molecule has 0 bridgehead atoms. The van der Waals surface area contributed by atoms with Crippen molar-refractivity contribution in [3.8, 4) is 0 Å². The lowest BCUT2D eigenvalue weighted by Gasteiger charge is -2.06. The molecule has 0 aliphatic carbocycles. The van der Waals surface area contributed by atoms with Gasteiger partial charge in [-0.2, -0.15) is 0 Å². The van der Waals surface area contributed by atoms with Crippen molar-refractivity contribution in [2.75, 3.05) is 0 Å². The minimum absolute atomic E-state index is 0.0424. The topological polar surface area (TPSA) is 70.4 Å². The number of fused-ring (bicyclic) bond motifs is 1. The van der Waals surface area contributed by atoms with E-state index in [0.717, 1.165) is 10.9 Å². The van der Waals surface area contributed by atoms with Crippen LogP contribution in [0.5, 0.6) is 0 Å². The summed E-state index contributed by atoms with van der Waals surface area (Å²) in [5.41, 5.74) is 1.71. The van der Waals surface area contributed by atoms with Gasteiger partial charge in [-0.15, -0.1) is 0 Å². The van der Waals surface area contributed by atoms with Crippen molar-refractivity contribution in [1.29, 1.82) is 0 Å². The molecule has 2 rings (SSSR count). The Morgan fingerprint density at radius 1 is 1.35 bits per heavy atom. The van der Waals surface area contributed by atoms with Gasteiger partial charge in [0.25, 0.3) is 0 Å². The van der Waals surface area contributed by atoms with Gasteiger partial charge >= 0.3 is 5.97 Å². The standard InChI is InChI=1S/C13H13NO3/c1-8(15)6-9-2-4-11-10(7-9)3-5-12(14-11)13(16)17/h2-5,7-8,15H,6H2,1H3,(H,16,17). The zero-order valence-corrected chi connectivity index (χ0v) is 9.42. The monoisotopic (exact) mass is 231 g/mol.